The molecule has 27 heavy (non-hydrogen) atoms. The highest BCUT2D eigenvalue weighted by atomic mass is 127. The minimum absolute atomic E-state index is 0. The third-order valence-corrected chi connectivity index (χ3v) is 4.64. The molecule has 0 saturated carbocycles. The van der Waals surface area contributed by atoms with Crippen LogP contribution in [0.25, 0.3) is 0 Å². The zero-order valence-electron chi connectivity index (χ0n) is 17.0. The summed E-state index contributed by atoms with van der Waals surface area (Å²) < 4.78 is 7.19. The average molecular weight is 491 g/mol. The maximum atomic E-state index is 11.9. The number of hydrogen-bond donors (Lipinski definition) is 1. The first kappa shape index (κ1) is 23.7. The normalized spacial score (nSPS) is 15.4. The van der Waals surface area contributed by atoms with Crippen molar-refractivity contribution < 1.29 is 9.53 Å². The summed E-state index contributed by atoms with van der Waals surface area (Å²) in [5, 5.41) is 7.86. The Bertz CT molecular complexity index is 609. The quantitative estimate of drug-likeness (QED) is 0.209. The summed E-state index contributed by atoms with van der Waals surface area (Å²) in [5.41, 5.74) is 2.25. The van der Waals surface area contributed by atoms with Crippen molar-refractivity contribution in [1.82, 2.24) is 20.0 Å². The smallest absolute Gasteiger partial charge is 0.309 e. The molecule has 0 aromatic carbocycles. The van der Waals surface area contributed by atoms with Gasteiger partial charge in [-0.25, -0.2) is 0 Å². The second-order valence-electron chi connectivity index (χ2n) is 6.75. The van der Waals surface area contributed by atoms with Gasteiger partial charge >= 0.3 is 5.97 Å². The molecule has 0 radical (unpaired) electrons. The van der Waals surface area contributed by atoms with Gasteiger partial charge in [0.25, 0.3) is 0 Å². The van der Waals surface area contributed by atoms with Crippen LogP contribution in [-0.2, 0) is 16.1 Å². The molecule has 0 atom stereocenters. The van der Waals surface area contributed by atoms with Gasteiger partial charge in [-0.15, -0.1) is 24.0 Å². The summed E-state index contributed by atoms with van der Waals surface area (Å²) in [4.78, 5) is 18.9. The number of aliphatic imine (C=N–C) groups is 1. The number of likely N-dealkylation sites (tertiary alicyclic amines) is 1. The maximum Gasteiger partial charge on any atom is 0.309 e. The number of hydrogen-bond acceptors (Lipinski definition) is 4. The first-order valence-corrected chi connectivity index (χ1v) is 9.76. The number of aromatic nitrogens is 2. The lowest BCUT2D eigenvalue weighted by atomic mass is 9.97. The highest BCUT2D eigenvalue weighted by Gasteiger charge is 2.27. The molecule has 1 aliphatic rings. The third-order valence-electron chi connectivity index (χ3n) is 4.64. The highest BCUT2D eigenvalue weighted by Crippen LogP contribution is 2.18. The minimum Gasteiger partial charge on any atom is -0.466 e. The molecule has 0 spiro atoms. The van der Waals surface area contributed by atoms with Crippen molar-refractivity contribution in [3.8, 4) is 0 Å². The van der Waals surface area contributed by atoms with Crippen LogP contribution in [0.15, 0.2) is 11.1 Å². The van der Waals surface area contributed by atoms with E-state index in [2.05, 4.69) is 35.2 Å². The molecule has 0 unspecified atom stereocenters. The number of piperidine rings is 1. The molecule has 7 nitrogen and oxygen atoms in total. The predicted molar refractivity (Wildman–Crippen MR) is 119 cm³/mol. The van der Waals surface area contributed by atoms with Crippen LogP contribution in [-0.4, -0.2) is 59.4 Å². The van der Waals surface area contributed by atoms with Crippen LogP contribution in [0.3, 0.4) is 0 Å². The number of guanidine groups is 1. The van der Waals surface area contributed by atoms with Gasteiger partial charge in [-0.1, -0.05) is 0 Å². The van der Waals surface area contributed by atoms with Crippen LogP contribution >= 0.6 is 24.0 Å². The molecule has 0 bridgehead atoms. The summed E-state index contributed by atoms with van der Waals surface area (Å²) >= 11 is 0. The average Bonchev–Trinajstić information content (AvgIpc) is 2.95. The van der Waals surface area contributed by atoms with Gasteiger partial charge in [-0.3, -0.25) is 14.5 Å². The van der Waals surface area contributed by atoms with Gasteiger partial charge in [-0.05, 0) is 53.0 Å². The van der Waals surface area contributed by atoms with E-state index < -0.39 is 0 Å². The summed E-state index contributed by atoms with van der Waals surface area (Å²) in [7, 11) is 0. The van der Waals surface area contributed by atoms with Gasteiger partial charge in [0.1, 0.15) is 0 Å². The van der Waals surface area contributed by atoms with Crippen molar-refractivity contribution in [3.05, 3.63) is 17.5 Å². The third kappa shape index (κ3) is 7.31. The van der Waals surface area contributed by atoms with Crippen molar-refractivity contribution in [2.45, 2.75) is 53.5 Å². The summed E-state index contributed by atoms with van der Waals surface area (Å²) in [5.74, 6) is 0.919. The molecule has 2 heterocycles. The number of carbonyl (C=O) groups is 1. The van der Waals surface area contributed by atoms with Crippen LogP contribution < -0.4 is 5.32 Å². The standard InChI is InChI=1S/C19H33N5O2.HI/c1-5-20-19(21-10-7-11-24-16(4)14-15(3)22-24)23-12-8-17(9-13-23)18(25)26-6-2;/h14,17H,5-13H2,1-4H3,(H,20,21);1H. The Kier molecular flexibility index (Phi) is 10.7. The molecule has 1 aromatic heterocycles. The lowest BCUT2D eigenvalue weighted by Crippen LogP contribution is -2.46. The Labute approximate surface area is 179 Å². The largest absolute Gasteiger partial charge is 0.466 e. The van der Waals surface area contributed by atoms with Crippen LogP contribution in [0.4, 0.5) is 0 Å². The van der Waals surface area contributed by atoms with Gasteiger partial charge in [0.05, 0.1) is 18.2 Å². The number of carbonyl (C=O) groups excluding carboxylic acids is 1. The zero-order valence-corrected chi connectivity index (χ0v) is 19.4. The van der Waals surface area contributed by atoms with Crippen molar-refractivity contribution >= 4 is 35.9 Å². The minimum atomic E-state index is -0.0565. The lowest BCUT2D eigenvalue weighted by molar-refractivity contribution is -0.149. The van der Waals surface area contributed by atoms with E-state index in [9.17, 15) is 4.79 Å². The van der Waals surface area contributed by atoms with Crippen molar-refractivity contribution in [2.75, 3.05) is 32.8 Å². The van der Waals surface area contributed by atoms with E-state index >= 15 is 0 Å². The molecule has 8 heteroatoms. The highest BCUT2D eigenvalue weighted by molar-refractivity contribution is 14.0. The van der Waals surface area contributed by atoms with Gasteiger partial charge in [0.2, 0.25) is 0 Å². The number of rotatable bonds is 7. The molecule has 1 N–H and O–H groups in total. The molecule has 1 fully saturated rings. The zero-order chi connectivity index (χ0) is 18.9. The summed E-state index contributed by atoms with van der Waals surface area (Å²) in [6.07, 6.45) is 2.61. The van der Waals surface area contributed by atoms with Crippen molar-refractivity contribution in [3.63, 3.8) is 0 Å². The summed E-state index contributed by atoms with van der Waals surface area (Å²) in [6, 6.07) is 2.10. The first-order chi connectivity index (χ1) is 12.5. The van der Waals surface area contributed by atoms with Crippen LogP contribution in [0.5, 0.6) is 0 Å². The molecule has 0 aliphatic carbocycles. The van der Waals surface area contributed by atoms with E-state index in [4.69, 9.17) is 9.73 Å². The Morgan fingerprint density at radius 2 is 2.04 bits per heavy atom. The van der Waals surface area contributed by atoms with Crippen LogP contribution in [0.1, 0.15) is 44.5 Å². The molecule has 2 rings (SSSR count). The number of ether oxygens (including phenoxy) is 1. The van der Waals surface area contributed by atoms with Crippen LogP contribution in [0.2, 0.25) is 0 Å². The van der Waals surface area contributed by atoms with E-state index in [0.717, 1.165) is 63.6 Å². The molecule has 154 valence electrons. The topological polar surface area (TPSA) is 71.8 Å². The molecule has 0 amide bonds. The molecule has 1 aliphatic heterocycles. The lowest BCUT2D eigenvalue weighted by Gasteiger charge is -2.33. The predicted octanol–water partition coefficient (Wildman–Crippen LogP) is 2.75. The monoisotopic (exact) mass is 491 g/mol. The van der Waals surface area contributed by atoms with Crippen LogP contribution in [0, 0.1) is 19.8 Å². The number of nitrogens with one attached hydrogen (secondary N) is 1. The van der Waals surface area contributed by atoms with E-state index in [1.54, 1.807) is 0 Å². The number of aryl methyl sites for hydroxylation is 3. The molecular formula is C19H34IN5O2. The fourth-order valence-corrected chi connectivity index (χ4v) is 3.32. The second-order valence-corrected chi connectivity index (χ2v) is 6.75. The Morgan fingerprint density at radius 3 is 2.59 bits per heavy atom. The summed E-state index contributed by atoms with van der Waals surface area (Å²) in [6.45, 7) is 12.7. The Balaban J connectivity index is 0.00000364. The van der Waals surface area contributed by atoms with E-state index in [-0.39, 0.29) is 35.9 Å². The van der Waals surface area contributed by atoms with Gasteiger partial charge < -0.3 is 15.0 Å². The van der Waals surface area contributed by atoms with Crippen molar-refractivity contribution in [2.24, 2.45) is 10.9 Å². The van der Waals surface area contributed by atoms with E-state index in [1.807, 2.05) is 18.5 Å². The van der Waals surface area contributed by atoms with Gasteiger partial charge in [0, 0.05) is 38.4 Å². The Hall–Kier alpha value is -1.32. The fourth-order valence-electron chi connectivity index (χ4n) is 3.32. The van der Waals surface area contributed by atoms with Gasteiger partial charge in [-0.2, -0.15) is 5.10 Å². The number of nitrogens with zero attached hydrogens (tertiary/aromatic N) is 4. The van der Waals surface area contributed by atoms with E-state index in [1.165, 1.54) is 5.69 Å². The number of halogens is 1. The molecule has 1 saturated heterocycles. The fraction of sp³-hybridized carbons (Fsp3) is 0.737. The SMILES string of the molecule is CCNC(=NCCCn1nc(C)cc1C)N1CCC(C(=O)OCC)CC1.I. The molecule has 1 aromatic rings. The Morgan fingerprint density at radius 1 is 1.33 bits per heavy atom. The second kappa shape index (κ2) is 12.2. The van der Waals surface area contributed by atoms with Gasteiger partial charge in [0.15, 0.2) is 5.96 Å². The first-order valence-electron chi connectivity index (χ1n) is 9.76. The van der Waals surface area contributed by atoms with E-state index in [0.29, 0.717) is 6.61 Å². The number of esters is 1. The molecular weight excluding hydrogens is 457 g/mol. The maximum absolute atomic E-state index is 11.9. The van der Waals surface area contributed by atoms with Crippen molar-refractivity contribution in [1.29, 1.82) is 0 Å².